The highest BCUT2D eigenvalue weighted by Crippen LogP contribution is 2.16. The fourth-order valence-electron chi connectivity index (χ4n) is 1.92. The molecule has 0 aliphatic heterocycles. The largest absolute Gasteiger partial charge is 0.497 e. The summed E-state index contributed by atoms with van der Waals surface area (Å²) in [4.78, 5) is 11.9. The Morgan fingerprint density at radius 2 is 1.96 bits per heavy atom. The second-order valence-electron chi connectivity index (χ2n) is 4.86. The van der Waals surface area contributed by atoms with E-state index in [1.807, 2.05) is 0 Å². The Morgan fingerprint density at radius 1 is 1.24 bits per heavy atom. The van der Waals surface area contributed by atoms with E-state index in [-0.39, 0.29) is 11.3 Å². The average Bonchev–Trinajstić information content (AvgIpc) is 3.13. The van der Waals surface area contributed by atoms with Crippen molar-refractivity contribution in [1.82, 2.24) is 4.72 Å². The smallest absolute Gasteiger partial charge is 0.324 e. The maximum absolute atomic E-state index is 12.4. The fraction of sp³-hybridized carbons (Fsp3) is 0.235. The van der Waals surface area contributed by atoms with Gasteiger partial charge in [0.15, 0.2) is 5.76 Å². The van der Waals surface area contributed by atoms with Crippen LogP contribution in [0.3, 0.4) is 0 Å². The van der Waals surface area contributed by atoms with Gasteiger partial charge in [0, 0.05) is 6.42 Å². The topological polar surface area (TPSA) is 94.8 Å². The molecule has 8 heteroatoms. The number of sulfonamides is 1. The van der Waals surface area contributed by atoms with Crippen LogP contribution in [0.1, 0.15) is 12.2 Å². The Kier molecular flexibility index (Phi) is 6.22. The van der Waals surface area contributed by atoms with Crippen LogP contribution in [0.2, 0.25) is 0 Å². The molecular weight excluding hydrogens is 346 g/mol. The van der Waals surface area contributed by atoms with Crippen LogP contribution in [0.4, 0.5) is 0 Å². The predicted molar refractivity (Wildman–Crippen MR) is 89.3 cm³/mol. The third kappa shape index (κ3) is 5.11. The highest BCUT2D eigenvalue weighted by Gasteiger charge is 2.25. The molecule has 2 aromatic rings. The summed E-state index contributed by atoms with van der Waals surface area (Å²) in [7, 11) is -1.26. The molecule has 7 nitrogen and oxygen atoms in total. The van der Waals surface area contributed by atoms with Gasteiger partial charge in [0.2, 0.25) is 10.0 Å². The first-order chi connectivity index (χ1) is 12.0. The van der Waals surface area contributed by atoms with Crippen molar-refractivity contribution in [2.75, 3.05) is 14.2 Å². The van der Waals surface area contributed by atoms with Crippen molar-refractivity contribution in [3.8, 4) is 17.6 Å². The molecule has 0 aliphatic carbocycles. The lowest BCUT2D eigenvalue weighted by Gasteiger charge is -2.14. The Balaban J connectivity index is 2.15. The van der Waals surface area contributed by atoms with Crippen LogP contribution in [-0.2, 0) is 19.6 Å². The predicted octanol–water partition coefficient (Wildman–Crippen LogP) is 1.55. The molecule has 1 aromatic heterocycles. The summed E-state index contributed by atoms with van der Waals surface area (Å²) < 4.78 is 41.8. The number of nitrogens with one attached hydrogen (secondary N) is 1. The van der Waals surface area contributed by atoms with Crippen molar-refractivity contribution in [2.24, 2.45) is 0 Å². The zero-order valence-corrected chi connectivity index (χ0v) is 14.5. The van der Waals surface area contributed by atoms with Crippen LogP contribution in [-0.4, -0.2) is 34.6 Å². The third-order valence-corrected chi connectivity index (χ3v) is 4.68. The fourth-order valence-corrected chi connectivity index (χ4v) is 3.10. The molecule has 1 heterocycles. The molecule has 132 valence electrons. The van der Waals surface area contributed by atoms with Crippen LogP contribution >= 0.6 is 0 Å². The number of methoxy groups -OCH3 is 2. The molecule has 25 heavy (non-hydrogen) atoms. The molecule has 0 spiro atoms. The number of hydrogen-bond donors (Lipinski definition) is 1. The quantitative estimate of drug-likeness (QED) is 0.618. The Hall–Kier alpha value is -2.76. The minimum Gasteiger partial charge on any atom is -0.497 e. The summed E-state index contributed by atoms with van der Waals surface area (Å²) in [6.45, 7) is 0. The van der Waals surface area contributed by atoms with E-state index < -0.39 is 22.0 Å². The van der Waals surface area contributed by atoms with Crippen molar-refractivity contribution in [3.63, 3.8) is 0 Å². The van der Waals surface area contributed by atoms with E-state index in [1.54, 1.807) is 12.1 Å². The highest BCUT2D eigenvalue weighted by molar-refractivity contribution is 7.89. The molecular formula is C17H17NO6S. The number of carbonyl (C=O) groups is 1. The lowest BCUT2D eigenvalue weighted by atomic mass is 10.2. The first kappa shape index (κ1) is 18.6. The lowest BCUT2D eigenvalue weighted by Crippen LogP contribution is -2.41. The molecule has 1 N–H and O–H groups in total. The van der Waals surface area contributed by atoms with Crippen LogP contribution in [0.25, 0.3) is 0 Å². The summed E-state index contributed by atoms with van der Waals surface area (Å²) >= 11 is 0. The minimum atomic E-state index is -3.92. The van der Waals surface area contributed by atoms with E-state index in [2.05, 4.69) is 21.3 Å². The van der Waals surface area contributed by atoms with Gasteiger partial charge in [-0.1, -0.05) is 5.92 Å². The molecule has 0 unspecified atom stereocenters. The van der Waals surface area contributed by atoms with Crippen LogP contribution in [0.15, 0.2) is 52.0 Å². The molecule has 0 saturated heterocycles. The summed E-state index contributed by atoms with van der Waals surface area (Å²) in [5, 5.41) is 0. The number of rotatable bonds is 6. The number of furan rings is 1. The highest BCUT2D eigenvalue weighted by atomic mass is 32.2. The second-order valence-corrected chi connectivity index (χ2v) is 6.57. The molecule has 0 bridgehead atoms. The Morgan fingerprint density at radius 3 is 2.52 bits per heavy atom. The summed E-state index contributed by atoms with van der Waals surface area (Å²) in [5.41, 5.74) is 0. The zero-order valence-electron chi connectivity index (χ0n) is 13.7. The molecule has 0 amide bonds. The maximum Gasteiger partial charge on any atom is 0.324 e. The van der Waals surface area contributed by atoms with Gasteiger partial charge in [-0.15, -0.1) is 0 Å². The molecule has 1 atom stereocenters. The van der Waals surface area contributed by atoms with E-state index in [9.17, 15) is 13.2 Å². The van der Waals surface area contributed by atoms with E-state index >= 15 is 0 Å². The van der Waals surface area contributed by atoms with Crippen molar-refractivity contribution >= 4 is 16.0 Å². The van der Waals surface area contributed by atoms with Crippen molar-refractivity contribution < 1.29 is 27.1 Å². The Labute approximate surface area is 146 Å². The zero-order chi connectivity index (χ0) is 18.3. The van der Waals surface area contributed by atoms with Gasteiger partial charge < -0.3 is 13.9 Å². The summed E-state index contributed by atoms with van der Waals surface area (Å²) in [6.07, 6.45) is 1.40. The standard InChI is InChI=1S/C17H17NO6S/c1-22-13-8-10-15(11-9-13)25(20,21)18-16(17(19)23-2)7-3-5-14-6-4-12-24-14/h4,6,8-12,16,18H,7H2,1-2H3/t16-/m0/s1. The summed E-state index contributed by atoms with van der Waals surface area (Å²) in [5.74, 6) is 5.61. The van der Waals surface area contributed by atoms with Crippen molar-refractivity contribution in [1.29, 1.82) is 0 Å². The number of carbonyl (C=O) groups excluding carboxylic acids is 1. The van der Waals surface area contributed by atoms with E-state index in [0.29, 0.717) is 11.5 Å². The first-order valence-electron chi connectivity index (χ1n) is 7.23. The van der Waals surface area contributed by atoms with Gasteiger partial charge in [-0.25, -0.2) is 8.42 Å². The molecule has 1 aromatic carbocycles. The maximum atomic E-state index is 12.4. The normalized spacial score (nSPS) is 11.9. The van der Waals surface area contributed by atoms with Gasteiger partial charge in [0.05, 0.1) is 25.4 Å². The van der Waals surface area contributed by atoms with E-state index in [0.717, 1.165) is 0 Å². The van der Waals surface area contributed by atoms with Gasteiger partial charge in [-0.2, -0.15) is 4.72 Å². The van der Waals surface area contributed by atoms with Gasteiger partial charge in [0.25, 0.3) is 0 Å². The molecule has 0 aliphatic rings. The molecule has 0 fully saturated rings. The number of esters is 1. The molecule has 0 radical (unpaired) electrons. The number of ether oxygens (including phenoxy) is 2. The monoisotopic (exact) mass is 363 g/mol. The van der Waals surface area contributed by atoms with Crippen molar-refractivity contribution in [3.05, 3.63) is 48.4 Å². The average molecular weight is 363 g/mol. The van der Waals surface area contributed by atoms with Crippen molar-refractivity contribution in [2.45, 2.75) is 17.4 Å². The van der Waals surface area contributed by atoms with Crippen LogP contribution in [0.5, 0.6) is 5.75 Å². The minimum absolute atomic E-state index is 0.00111. The number of hydrogen-bond acceptors (Lipinski definition) is 6. The van der Waals surface area contributed by atoms with Gasteiger partial charge in [-0.05, 0) is 42.3 Å². The second kappa shape index (κ2) is 8.37. The summed E-state index contributed by atoms with van der Waals surface area (Å²) in [6, 6.07) is 7.97. The lowest BCUT2D eigenvalue weighted by molar-refractivity contribution is -0.142. The third-order valence-electron chi connectivity index (χ3n) is 3.19. The van der Waals surface area contributed by atoms with Crippen LogP contribution < -0.4 is 9.46 Å². The van der Waals surface area contributed by atoms with Gasteiger partial charge >= 0.3 is 5.97 Å². The van der Waals surface area contributed by atoms with Crippen LogP contribution in [0, 0.1) is 11.8 Å². The molecule has 2 rings (SSSR count). The Bertz CT molecular complexity index is 860. The van der Waals surface area contributed by atoms with Gasteiger partial charge in [0.1, 0.15) is 11.8 Å². The van der Waals surface area contributed by atoms with Gasteiger partial charge in [-0.3, -0.25) is 4.79 Å². The first-order valence-corrected chi connectivity index (χ1v) is 8.71. The molecule has 0 saturated carbocycles. The van der Waals surface area contributed by atoms with E-state index in [1.165, 1.54) is 44.7 Å². The number of benzene rings is 1. The van der Waals surface area contributed by atoms with E-state index in [4.69, 9.17) is 9.15 Å². The SMILES string of the molecule is COC(=O)[C@H](CC#Cc1ccco1)NS(=O)(=O)c1ccc(OC)cc1.